The number of rotatable bonds is 10. The first kappa shape index (κ1) is 25.7. The molecule has 0 heterocycles. The highest BCUT2D eigenvalue weighted by Gasteiger charge is 2.59. The molecule has 2 heteroatoms. The van der Waals surface area contributed by atoms with E-state index >= 15 is 0 Å². The Labute approximate surface area is 205 Å². The second kappa shape index (κ2) is 10.7. The molecule has 33 heavy (non-hydrogen) atoms. The summed E-state index contributed by atoms with van der Waals surface area (Å²) in [6.07, 6.45) is 20.2. The molecular weight excluding hydrogens is 404 g/mol. The van der Waals surface area contributed by atoms with E-state index in [2.05, 4.69) is 40.7 Å². The Morgan fingerprint density at radius 3 is 2.55 bits per heavy atom. The number of allylic oxidation sites excluding steroid dienone is 1. The van der Waals surface area contributed by atoms with Crippen LogP contribution in [0.1, 0.15) is 118 Å². The third kappa shape index (κ3) is 5.13. The van der Waals surface area contributed by atoms with Gasteiger partial charge in [0.2, 0.25) is 0 Å². The van der Waals surface area contributed by atoms with E-state index in [1.54, 1.807) is 5.57 Å². The van der Waals surface area contributed by atoms with Crippen LogP contribution >= 0.6 is 0 Å². The van der Waals surface area contributed by atoms with Crippen LogP contribution in [-0.2, 0) is 4.74 Å². The summed E-state index contributed by atoms with van der Waals surface area (Å²) in [4.78, 5) is 0. The van der Waals surface area contributed by atoms with E-state index in [0.29, 0.717) is 16.9 Å². The molecule has 5 unspecified atom stereocenters. The maximum atomic E-state index is 9.02. The molecule has 0 radical (unpaired) electrons. The zero-order valence-electron chi connectivity index (χ0n) is 22.6. The molecule has 3 fully saturated rings. The van der Waals surface area contributed by atoms with Gasteiger partial charge in [0.05, 0.1) is 6.10 Å². The van der Waals surface area contributed by atoms with Crippen molar-refractivity contribution in [3.8, 4) is 0 Å². The predicted molar refractivity (Wildman–Crippen MR) is 139 cm³/mol. The van der Waals surface area contributed by atoms with E-state index in [9.17, 15) is 0 Å². The Morgan fingerprint density at radius 1 is 0.970 bits per heavy atom. The van der Waals surface area contributed by atoms with Crippen LogP contribution in [0, 0.1) is 46.3 Å². The quantitative estimate of drug-likeness (QED) is 0.264. The van der Waals surface area contributed by atoms with Gasteiger partial charge >= 0.3 is 0 Å². The van der Waals surface area contributed by atoms with Gasteiger partial charge in [0.15, 0.2) is 0 Å². The minimum absolute atomic E-state index is 0.290. The Kier molecular flexibility index (Phi) is 8.37. The van der Waals surface area contributed by atoms with Crippen molar-refractivity contribution >= 4 is 0 Å². The monoisotopic (exact) mass is 458 g/mol. The van der Waals surface area contributed by atoms with Crippen LogP contribution in [0.5, 0.6) is 0 Å². The van der Waals surface area contributed by atoms with Crippen LogP contribution in [0.25, 0.3) is 0 Å². The minimum Gasteiger partial charge on any atom is -0.396 e. The van der Waals surface area contributed by atoms with Gasteiger partial charge in [-0.3, -0.25) is 0 Å². The lowest BCUT2D eigenvalue weighted by Crippen LogP contribution is -2.51. The molecule has 1 N–H and O–H groups in total. The van der Waals surface area contributed by atoms with Crippen LogP contribution in [-0.4, -0.2) is 24.4 Å². The molecule has 0 amide bonds. The second-order valence-electron chi connectivity index (χ2n) is 13.5. The molecule has 8 atom stereocenters. The normalized spacial score (nSPS) is 41.3. The van der Waals surface area contributed by atoms with E-state index in [4.69, 9.17) is 9.84 Å². The highest BCUT2D eigenvalue weighted by Crippen LogP contribution is 2.67. The van der Waals surface area contributed by atoms with Crippen molar-refractivity contribution < 1.29 is 9.84 Å². The number of aliphatic hydroxyl groups is 1. The molecular formula is C31H54O2. The summed E-state index contributed by atoms with van der Waals surface area (Å²) < 4.78 is 6.24. The average Bonchev–Trinajstić information content (AvgIpc) is 3.14. The van der Waals surface area contributed by atoms with Crippen molar-refractivity contribution in [1.29, 1.82) is 0 Å². The highest BCUT2D eigenvalue weighted by atomic mass is 16.5. The summed E-state index contributed by atoms with van der Waals surface area (Å²) >= 11 is 0. The Bertz CT molecular complexity index is 668. The summed E-state index contributed by atoms with van der Waals surface area (Å²) in [6.45, 7) is 13.8. The number of unbranched alkanes of at least 4 members (excludes halogenated alkanes) is 1. The first-order valence-electron chi connectivity index (χ1n) is 14.7. The lowest BCUT2D eigenvalue weighted by molar-refractivity contribution is -0.0642. The molecule has 0 spiro atoms. The molecule has 2 nitrogen and oxygen atoms in total. The summed E-state index contributed by atoms with van der Waals surface area (Å²) in [6, 6.07) is 0. The zero-order chi connectivity index (χ0) is 23.6. The molecule has 0 aliphatic heterocycles. The maximum absolute atomic E-state index is 9.02. The molecule has 4 aliphatic rings. The second-order valence-corrected chi connectivity index (χ2v) is 13.5. The molecule has 3 saturated carbocycles. The van der Waals surface area contributed by atoms with Gasteiger partial charge in [0.25, 0.3) is 0 Å². The molecule has 0 aromatic heterocycles. The first-order valence-corrected chi connectivity index (χ1v) is 14.7. The van der Waals surface area contributed by atoms with Gasteiger partial charge in [-0.25, -0.2) is 0 Å². The van der Waals surface area contributed by atoms with E-state index in [1.807, 2.05) is 0 Å². The van der Waals surface area contributed by atoms with Crippen LogP contribution < -0.4 is 0 Å². The molecule has 0 aromatic rings. The maximum Gasteiger partial charge on any atom is 0.0612 e. The molecule has 0 aromatic carbocycles. The highest BCUT2D eigenvalue weighted by molar-refractivity contribution is 5.25. The van der Waals surface area contributed by atoms with E-state index < -0.39 is 0 Å². The van der Waals surface area contributed by atoms with E-state index in [-0.39, 0.29) is 6.61 Å². The smallest absolute Gasteiger partial charge is 0.0612 e. The summed E-state index contributed by atoms with van der Waals surface area (Å²) in [5.74, 6) is 5.49. The fraction of sp³-hybridized carbons (Fsp3) is 0.935. The van der Waals surface area contributed by atoms with E-state index in [1.165, 1.54) is 64.2 Å². The van der Waals surface area contributed by atoms with Crippen molar-refractivity contribution in [3.63, 3.8) is 0 Å². The van der Waals surface area contributed by atoms with Crippen molar-refractivity contribution in [3.05, 3.63) is 11.6 Å². The Hall–Kier alpha value is -0.340. The average molecular weight is 459 g/mol. The van der Waals surface area contributed by atoms with Crippen molar-refractivity contribution in [2.24, 2.45) is 46.3 Å². The minimum atomic E-state index is 0.290. The molecule has 190 valence electrons. The van der Waals surface area contributed by atoms with Crippen molar-refractivity contribution in [2.45, 2.75) is 124 Å². The van der Waals surface area contributed by atoms with Gasteiger partial charge in [-0.15, -0.1) is 0 Å². The SMILES string of the molecule is CC(C)CCCC(C)C1CCC2C3CC=C4C[C@@H](OCCCCO)CC[C@]4(C)C3CC[C@]12C. The van der Waals surface area contributed by atoms with Gasteiger partial charge in [0.1, 0.15) is 0 Å². The van der Waals surface area contributed by atoms with Gasteiger partial charge < -0.3 is 9.84 Å². The summed E-state index contributed by atoms with van der Waals surface area (Å²) in [7, 11) is 0. The topological polar surface area (TPSA) is 29.5 Å². The number of hydrogen-bond acceptors (Lipinski definition) is 2. The Morgan fingerprint density at radius 2 is 1.79 bits per heavy atom. The van der Waals surface area contributed by atoms with Gasteiger partial charge in [0, 0.05) is 13.2 Å². The van der Waals surface area contributed by atoms with Crippen LogP contribution in [0.3, 0.4) is 0 Å². The molecule has 0 bridgehead atoms. The lowest BCUT2D eigenvalue weighted by atomic mass is 9.47. The van der Waals surface area contributed by atoms with Gasteiger partial charge in [-0.05, 0) is 111 Å². The van der Waals surface area contributed by atoms with Crippen LogP contribution in [0.2, 0.25) is 0 Å². The third-order valence-corrected chi connectivity index (χ3v) is 11.2. The number of ether oxygens (including phenoxy) is 1. The summed E-state index contributed by atoms with van der Waals surface area (Å²) in [5.41, 5.74) is 2.76. The fourth-order valence-electron chi connectivity index (χ4n) is 9.26. The van der Waals surface area contributed by atoms with Crippen LogP contribution in [0.4, 0.5) is 0 Å². The fourth-order valence-corrected chi connectivity index (χ4v) is 9.26. The standard InChI is InChI=1S/C31H54O2/c1-22(2)9-8-10-23(3)27-13-14-28-26-12-11-24-21-25(33-20-7-6-19-32)15-17-30(24,4)29(26)16-18-31(27,28)5/h11,22-23,25-29,32H,6-10,12-21H2,1-5H3/t23?,25-,26?,27?,28?,29?,30-,31+/m0/s1. The van der Waals surface area contributed by atoms with Gasteiger partial charge in [-0.1, -0.05) is 65.5 Å². The number of fused-ring (bicyclic) bond motifs is 5. The third-order valence-electron chi connectivity index (χ3n) is 11.2. The largest absolute Gasteiger partial charge is 0.396 e. The number of hydrogen-bond donors (Lipinski definition) is 1. The Balaban J connectivity index is 1.40. The van der Waals surface area contributed by atoms with E-state index in [0.717, 1.165) is 61.4 Å². The summed E-state index contributed by atoms with van der Waals surface area (Å²) in [5, 5.41) is 9.02. The molecule has 4 aliphatic carbocycles. The number of aliphatic hydroxyl groups excluding tert-OH is 1. The van der Waals surface area contributed by atoms with Crippen molar-refractivity contribution in [2.75, 3.05) is 13.2 Å². The lowest BCUT2D eigenvalue weighted by Gasteiger charge is -2.58. The predicted octanol–water partition coefficient (Wildman–Crippen LogP) is 8.19. The first-order chi connectivity index (χ1) is 15.8. The molecule has 4 rings (SSSR count). The van der Waals surface area contributed by atoms with Crippen molar-refractivity contribution in [1.82, 2.24) is 0 Å². The van der Waals surface area contributed by atoms with Crippen LogP contribution in [0.15, 0.2) is 11.6 Å². The zero-order valence-corrected chi connectivity index (χ0v) is 22.6. The van der Waals surface area contributed by atoms with Gasteiger partial charge in [-0.2, -0.15) is 0 Å². The molecule has 0 saturated heterocycles.